The Morgan fingerprint density at radius 3 is 2.34 bits per heavy atom. The molecule has 178 valence electrons. The number of aryl methyl sites for hydroxylation is 1. The lowest BCUT2D eigenvalue weighted by atomic mass is 10.00. The lowest BCUT2D eigenvalue weighted by molar-refractivity contribution is 0.650. The molecule has 5 heteroatoms. The van der Waals surface area contributed by atoms with Crippen LogP contribution in [0.25, 0.3) is 27.5 Å². The van der Waals surface area contributed by atoms with Crippen molar-refractivity contribution in [3.8, 4) is 11.8 Å². The Labute approximate surface area is 207 Å². The first-order chi connectivity index (χ1) is 16.9. The van der Waals surface area contributed by atoms with Crippen LogP contribution >= 0.6 is 0 Å². The lowest BCUT2D eigenvalue weighted by Crippen LogP contribution is -1.97. The van der Waals surface area contributed by atoms with Gasteiger partial charge in [0.15, 0.2) is 0 Å². The Balaban J connectivity index is 0.000000179. The standard InChI is InChI=1S/C18H17N3.C12H16N2/c1-13(2)10-15-4-3-5-18-17(15)12-20-21(18)16-8-6-14(11-19)7-9-16;1-4-14-8-10-6-5-7-11(9(2)3)12(10)13-14/h3-9,12-13H,10H2,1-2H3;5-9H,4H2,1-3H3. The van der Waals surface area contributed by atoms with Crippen molar-refractivity contribution in [2.45, 2.75) is 53.5 Å². The second-order valence-electron chi connectivity index (χ2n) is 9.59. The van der Waals surface area contributed by atoms with Gasteiger partial charge in [0.05, 0.1) is 34.6 Å². The maximum Gasteiger partial charge on any atom is 0.0991 e. The zero-order valence-corrected chi connectivity index (χ0v) is 21.2. The maximum atomic E-state index is 8.88. The summed E-state index contributed by atoms with van der Waals surface area (Å²) in [6.07, 6.45) is 5.10. The van der Waals surface area contributed by atoms with E-state index < -0.39 is 0 Å². The Hall–Kier alpha value is -3.91. The van der Waals surface area contributed by atoms with E-state index >= 15 is 0 Å². The minimum atomic E-state index is 0.541. The Morgan fingerprint density at radius 1 is 0.943 bits per heavy atom. The Bertz CT molecular complexity index is 1460. The van der Waals surface area contributed by atoms with E-state index in [9.17, 15) is 0 Å². The van der Waals surface area contributed by atoms with Crippen molar-refractivity contribution in [1.29, 1.82) is 5.26 Å². The summed E-state index contributed by atoms with van der Waals surface area (Å²) >= 11 is 0. The molecule has 0 bridgehead atoms. The molecule has 0 fully saturated rings. The van der Waals surface area contributed by atoms with Gasteiger partial charge in [-0.1, -0.05) is 58.0 Å². The van der Waals surface area contributed by atoms with Crippen molar-refractivity contribution in [1.82, 2.24) is 19.6 Å². The molecule has 0 saturated carbocycles. The first-order valence-electron chi connectivity index (χ1n) is 12.3. The molecule has 3 aromatic carbocycles. The molecule has 0 aliphatic rings. The number of rotatable bonds is 5. The molecule has 2 heterocycles. The average molecular weight is 464 g/mol. The molecule has 0 unspecified atom stereocenters. The van der Waals surface area contributed by atoms with E-state index in [0.717, 1.165) is 29.7 Å². The molecule has 0 saturated heterocycles. The number of hydrogen-bond donors (Lipinski definition) is 0. The minimum Gasteiger partial charge on any atom is -0.272 e. The van der Waals surface area contributed by atoms with Crippen LogP contribution in [-0.2, 0) is 13.0 Å². The molecule has 0 atom stereocenters. The highest BCUT2D eigenvalue weighted by Gasteiger charge is 2.10. The molecule has 0 N–H and O–H groups in total. The van der Waals surface area contributed by atoms with Crippen LogP contribution in [0.5, 0.6) is 0 Å². The summed E-state index contributed by atoms with van der Waals surface area (Å²) < 4.78 is 3.93. The van der Waals surface area contributed by atoms with E-state index in [1.165, 1.54) is 21.9 Å². The molecule has 0 aliphatic heterocycles. The van der Waals surface area contributed by atoms with Gasteiger partial charge in [0.25, 0.3) is 0 Å². The van der Waals surface area contributed by atoms with Gasteiger partial charge >= 0.3 is 0 Å². The van der Waals surface area contributed by atoms with Gasteiger partial charge in [-0.15, -0.1) is 0 Å². The van der Waals surface area contributed by atoms with E-state index in [-0.39, 0.29) is 0 Å². The van der Waals surface area contributed by atoms with Crippen LogP contribution in [0.4, 0.5) is 0 Å². The monoisotopic (exact) mass is 463 g/mol. The molecule has 5 nitrogen and oxygen atoms in total. The van der Waals surface area contributed by atoms with Crippen LogP contribution in [0.15, 0.2) is 73.1 Å². The van der Waals surface area contributed by atoms with Crippen molar-refractivity contribution in [2.24, 2.45) is 5.92 Å². The third-order valence-corrected chi connectivity index (χ3v) is 6.13. The van der Waals surface area contributed by atoms with Crippen molar-refractivity contribution in [2.75, 3.05) is 0 Å². The zero-order chi connectivity index (χ0) is 24.9. The molecular weight excluding hydrogens is 430 g/mol. The highest BCUT2D eigenvalue weighted by atomic mass is 15.3. The fourth-order valence-electron chi connectivity index (χ4n) is 4.36. The second-order valence-corrected chi connectivity index (χ2v) is 9.59. The molecule has 0 spiro atoms. The van der Waals surface area contributed by atoms with Crippen LogP contribution in [0.1, 0.15) is 57.2 Å². The normalized spacial score (nSPS) is 11.1. The Morgan fingerprint density at radius 2 is 1.69 bits per heavy atom. The quantitative estimate of drug-likeness (QED) is 0.275. The predicted octanol–water partition coefficient (Wildman–Crippen LogP) is 7.28. The number of aromatic nitrogens is 4. The Kier molecular flexibility index (Phi) is 7.31. The van der Waals surface area contributed by atoms with Gasteiger partial charge in [0, 0.05) is 23.5 Å². The number of nitriles is 1. The van der Waals surface area contributed by atoms with Crippen LogP contribution in [0, 0.1) is 17.2 Å². The summed E-state index contributed by atoms with van der Waals surface area (Å²) in [6, 6.07) is 22.4. The fraction of sp³-hybridized carbons (Fsp3) is 0.300. The topological polar surface area (TPSA) is 59.4 Å². The van der Waals surface area contributed by atoms with E-state index in [4.69, 9.17) is 5.26 Å². The van der Waals surface area contributed by atoms with Gasteiger partial charge in [0.2, 0.25) is 0 Å². The molecule has 5 aromatic rings. The van der Waals surface area contributed by atoms with Crippen LogP contribution in [0.2, 0.25) is 0 Å². The molecular formula is C30H33N5. The minimum absolute atomic E-state index is 0.541. The largest absolute Gasteiger partial charge is 0.272 e. The molecule has 0 radical (unpaired) electrons. The lowest BCUT2D eigenvalue weighted by Gasteiger charge is -2.07. The first kappa shape index (κ1) is 24.2. The van der Waals surface area contributed by atoms with E-state index in [2.05, 4.69) is 93.5 Å². The predicted molar refractivity (Wildman–Crippen MR) is 144 cm³/mol. The molecule has 2 aromatic heterocycles. The second kappa shape index (κ2) is 10.6. The fourth-order valence-corrected chi connectivity index (χ4v) is 4.36. The van der Waals surface area contributed by atoms with Gasteiger partial charge in [0.1, 0.15) is 0 Å². The molecule has 35 heavy (non-hydrogen) atoms. The summed E-state index contributed by atoms with van der Waals surface area (Å²) in [4.78, 5) is 0. The number of benzene rings is 3. The van der Waals surface area contributed by atoms with E-state index in [1.54, 1.807) is 0 Å². The number of nitrogens with zero attached hydrogens (tertiary/aromatic N) is 5. The van der Waals surface area contributed by atoms with Gasteiger partial charge in [-0.05, 0) is 66.6 Å². The zero-order valence-electron chi connectivity index (χ0n) is 21.2. The van der Waals surface area contributed by atoms with Crippen LogP contribution in [0.3, 0.4) is 0 Å². The molecule has 0 aliphatic carbocycles. The maximum absolute atomic E-state index is 8.88. The molecule has 5 rings (SSSR count). The summed E-state index contributed by atoms with van der Waals surface area (Å²) in [7, 11) is 0. The van der Waals surface area contributed by atoms with Gasteiger partial charge in [-0.3, -0.25) is 4.68 Å². The summed E-state index contributed by atoms with van der Waals surface area (Å²) in [6.45, 7) is 11.9. The van der Waals surface area contributed by atoms with Crippen molar-refractivity contribution < 1.29 is 0 Å². The summed E-state index contributed by atoms with van der Waals surface area (Å²) in [5.74, 6) is 1.16. The van der Waals surface area contributed by atoms with Crippen molar-refractivity contribution in [3.63, 3.8) is 0 Å². The van der Waals surface area contributed by atoms with Crippen LogP contribution in [-0.4, -0.2) is 19.6 Å². The van der Waals surface area contributed by atoms with Gasteiger partial charge in [-0.2, -0.15) is 15.5 Å². The summed E-state index contributed by atoms with van der Waals surface area (Å²) in [5.41, 5.74) is 6.58. The third-order valence-electron chi connectivity index (χ3n) is 6.13. The smallest absolute Gasteiger partial charge is 0.0991 e. The summed E-state index contributed by atoms with van der Waals surface area (Å²) in [5, 5.41) is 20.4. The molecule has 0 amide bonds. The van der Waals surface area contributed by atoms with Crippen molar-refractivity contribution >= 4 is 21.8 Å². The highest BCUT2D eigenvalue weighted by molar-refractivity contribution is 5.84. The van der Waals surface area contributed by atoms with E-state index in [0.29, 0.717) is 17.4 Å². The van der Waals surface area contributed by atoms with Gasteiger partial charge < -0.3 is 0 Å². The van der Waals surface area contributed by atoms with E-state index in [1.807, 2.05) is 39.8 Å². The third kappa shape index (κ3) is 5.27. The first-order valence-corrected chi connectivity index (χ1v) is 12.3. The van der Waals surface area contributed by atoms with Crippen LogP contribution < -0.4 is 0 Å². The van der Waals surface area contributed by atoms with Crippen molar-refractivity contribution in [3.05, 3.63) is 89.7 Å². The SMILES string of the molecule is CC(C)Cc1cccc2c1cnn2-c1ccc(C#N)cc1.CCn1cc2cccc(C(C)C)c2n1. The number of fused-ring (bicyclic) bond motifs is 2. The highest BCUT2D eigenvalue weighted by Crippen LogP contribution is 2.25. The number of hydrogen-bond acceptors (Lipinski definition) is 3. The average Bonchev–Trinajstić information content (AvgIpc) is 3.49. The van der Waals surface area contributed by atoms with Gasteiger partial charge in [-0.25, -0.2) is 4.68 Å².